The van der Waals surface area contributed by atoms with E-state index in [0.717, 1.165) is 23.4 Å². The summed E-state index contributed by atoms with van der Waals surface area (Å²) in [5.41, 5.74) is 10.7. The third kappa shape index (κ3) is 4.38. The molecule has 1 atom stereocenters. The lowest BCUT2D eigenvalue weighted by molar-refractivity contribution is -0.120. The van der Waals surface area contributed by atoms with Gasteiger partial charge in [0.1, 0.15) is 0 Å². The van der Waals surface area contributed by atoms with Crippen LogP contribution in [0.25, 0.3) is 5.69 Å². The molecule has 4 rings (SSSR count). The first-order valence-corrected chi connectivity index (χ1v) is 9.75. The molecule has 0 saturated carbocycles. The fourth-order valence-corrected chi connectivity index (χ4v) is 4.43. The molecule has 0 fully saturated rings. The van der Waals surface area contributed by atoms with Gasteiger partial charge >= 0.3 is 0 Å². The predicted molar refractivity (Wildman–Crippen MR) is 113 cm³/mol. The van der Waals surface area contributed by atoms with Gasteiger partial charge in [0.05, 0.1) is 22.8 Å². The smallest absolute Gasteiger partial charge is 0.234 e. The number of nitrogens with one attached hydrogen (secondary N) is 1. The van der Waals surface area contributed by atoms with Crippen molar-refractivity contribution in [2.75, 3.05) is 0 Å². The Kier molecular flexibility index (Phi) is 6.39. The van der Waals surface area contributed by atoms with E-state index in [1.54, 1.807) is 16.4 Å². The molecular formula is C20H22ClN5OS. The quantitative estimate of drug-likeness (QED) is 0.669. The minimum Gasteiger partial charge on any atom is -0.351 e. The van der Waals surface area contributed by atoms with Crippen LogP contribution in [-0.4, -0.2) is 26.2 Å². The summed E-state index contributed by atoms with van der Waals surface area (Å²) in [6.07, 6.45) is 2.60. The van der Waals surface area contributed by atoms with Gasteiger partial charge in [-0.1, -0.05) is 35.0 Å². The van der Waals surface area contributed by atoms with Gasteiger partial charge < -0.3 is 11.1 Å². The van der Waals surface area contributed by atoms with Gasteiger partial charge in [0.25, 0.3) is 0 Å². The van der Waals surface area contributed by atoms with E-state index in [1.807, 2.05) is 30.5 Å². The number of carbonyl (C=O) groups excluding carboxylic acids is 1. The SMILES string of the molecule is Cc1ccc2c(c1)S[C@H](C(=O)NCc1cccc(-n3cc(CN)nn3)c1)C2.Cl. The maximum absolute atomic E-state index is 12.6. The van der Waals surface area contributed by atoms with E-state index in [9.17, 15) is 4.79 Å². The van der Waals surface area contributed by atoms with Gasteiger partial charge in [-0.05, 0) is 42.7 Å². The summed E-state index contributed by atoms with van der Waals surface area (Å²) < 4.78 is 1.69. The first-order valence-electron chi connectivity index (χ1n) is 8.87. The van der Waals surface area contributed by atoms with Crippen LogP contribution >= 0.6 is 24.2 Å². The molecule has 0 bridgehead atoms. The zero-order valence-electron chi connectivity index (χ0n) is 15.5. The van der Waals surface area contributed by atoms with Crippen molar-refractivity contribution in [3.8, 4) is 5.69 Å². The van der Waals surface area contributed by atoms with Crippen LogP contribution in [0.5, 0.6) is 0 Å². The summed E-state index contributed by atoms with van der Waals surface area (Å²) in [5, 5.41) is 11.1. The molecular weight excluding hydrogens is 394 g/mol. The molecule has 1 aliphatic rings. The van der Waals surface area contributed by atoms with E-state index in [2.05, 4.69) is 40.8 Å². The number of fused-ring (bicyclic) bond motifs is 1. The van der Waals surface area contributed by atoms with Crippen molar-refractivity contribution in [3.05, 3.63) is 71.0 Å². The normalized spacial score (nSPS) is 15.0. The number of rotatable bonds is 5. The lowest BCUT2D eigenvalue weighted by Crippen LogP contribution is -2.32. The summed E-state index contributed by atoms with van der Waals surface area (Å²) in [7, 11) is 0. The maximum Gasteiger partial charge on any atom is 0.234 e. The first-order chi connectivity index (χ1) is 13.1. The molecule has 0 radical (unpaired) electrons. The van der Waals surface area contributed by atoms with E-state index in [0.29, 0.717) is 13.1 Å². The molecule has 8 heteroatoms. The second-order valence-electron chi connectivity index (χ2n) is 6.67. The topological polar surface area (TPSA) is 85.8 Å². The Morgan fingerprint density at radius 1 is 1.32 bits per heavy atom. The molecule has 2 aromatic carbocycles. The predicted octanol–water partition coefficient (Wildman–Crippen LogP) is 2.79. The van der Waals surface area contributed by atoms with Gasteiger partial charge in [0.15, 0.2) is 0 Å². The largest absolute Gasteiger partial charge is 0.351 e. The minimum absolute atomic E-state index is 0. The average molecular weight is 416 g/mol. The van der Waals surface area contributed by atoms with Crippen molar-refractivity contribution in [3.63, 3.8) is 0 Å². The van der Waals surface area contributed by atoms with Crippen LogP contribution in [0.4, 0.5) is 0 Å². The third-order valence-electron chi connectivity index (χ3n) is 4.58. The number of hydrogen-bond donors (Lipinski definition) is 2. The number of benzene rings is 2. The van der Waals surface area contributed by atoms with E-state index in [4.69, 9.17) is 5.73 Å². The molecule has 0 aliphatic carbocycles. The van der Waals surface area contributed by atoms with Crippen molar-refractivity contribution in [1.29, 1.82) is 0 Å². The third-order valence-corrected chi connectivity index (χ3v) is 5.88. The number of nitrogens with two attached hydrogens (primary N) is 1. The number of halogens is 1. The Morgan fingerprint density at radius 2 is 2.18 bits per heavy atom. The monoisotopic (exact) mass is 415 g/mol. The van der Waals surface area contributed by atoms with Crippen molar-refractivity contribution in [1.82, 2.24) is 20.3 Å². The maximum atomic E-state index is 12.6. The number of amides is 1. The van der Waals surface area contributed by atoms with Gasteiger partial charge in [-0.2, -0.15) is 0 Å². The summed E-state index contributed by atoms with van der Waals surface area (Å²) in [6, 6.07) is 14.3. The minimum atomic E-state index is -0.0626. The van der Waals surface area contributed by atoms with Crippen LogP contribution in [0.2, 0.25) is 0 Å². The number of aryl methyl sites for hydroxylation is 1. The summed E-state index contributed by atoms with van der Waals surface area (Å²) in [4.78, 5) is 13.8. The summed E-state index contributed by atoms with van der Waals surface area (Å²) in [5.74, 6) is 0.0745. The number of thioether (sulfide) groups is 1. The highest BCUT2D eigenvalue weighted by Gasteiger charge is 2.28. The number of carbonyl (C=O) groups is 1. The molecule has 3 aromatic rings. The number of nitrogens with zero attached hydrogens (tertiary/aromatic N) is 3. The molecule has 3 N–H and O–H groups in total. The average Bonchev–Trinajstić information content (AvgIpc) is 3.33. The van der Waals surface area contributed by atoms with E-state index in [-0.39, 0.29) is 23.6 Å². The molecule has 6 nitrogen and oxygen atoms in total. The highest BCUT2D eigenvalue weighted by atomic mass is 35.5. The molecule has 1 aliphatic heterocycles. The highest BCUT2D eigenvalue weighted by molar-refractivity contribution is 8.01. The molecule has 1 amide bonds. The Bertz CT molecular complexity index is 990. The van der Waals surface area contributed by atoms with Crippen LogP contribution in [0.15, 0.2) is 53.6 Å². The number of aromatic nitrogens is 3. The molecule has 0 spiro atoms. The van der Waals surface area contributed by atoms with Crippen LogP contribution in [0.3, 0.4) is 0 Å². The van der Waals surface area contributed by atoms with Crippen LogP contribution in [-0.2, 0) is 24.3 Å². The van der Waals surface area contributed by atoms with E-state index >= 15 is 0 Å². The molecule has 2 heterocycles. The molecule has 28 heavy (non-hydrogen) atoms. The molecule has 0 saturated heterocycles. The standard InChI is InChI=1S/C20H21N5OS.ClH/c1-13-5-6-15-9-19(27-18(15)7-13)20(26)22-11-14-3-2-4-17(8-14)25-12-16(10-21)23-24-25;/h2-8,12,19H,9-11,21H2,1H3,(H,22,26);1H/t19-;/m0./s1. The van der Waals surface area contributed by atoms with Gasteiger partial charge in [0, 0.05) is 18.0 Å². The van der Waals surface area contributed by atoms with Crippen molar-refractivity contribution in [2.45, 2.75) is 36.6 Å². The lowest BCUT2D eigenvalue weighted by atomic mass is 10.1. The van der Waals surface area contributed by atoms with Gasteiger partial charge in [-0.3, -0.25) is 4.79 Å². The lowest BCUT2D eigenvalue weighted by Gasteiger charge is -2.11. The second-order valence-corrected chi connectivity index (χ2v) is 7.91. The molecule has 146 valence electrons. The van der Waals surface area contributed by atoms with Crippen LogP contribution in [0.1, 0.15) is 22.4 Å². The summed E-state index contributed by atoms with van der Waals surface area (Å²) >= 11 is 1.65. The Hall–Kier alpha value is -2.35. The van der Waals surface area contributed by atoms with E-state index < -0.39 is 0 Å². The van der Waals surface area contributed by atoms with Crippen molar-refractivity contribution in [2.24, 2.45) is 5.73 Å². The van der Waals surface area contributed by atoms with Crippen LogP contribution < -0.4 is 11.1 Å². The fourth-order valence-electron chi connectivity index (χ4n) is 3.11. The van der Waals surface area contributed by atoms with Gasteiger partial charge in [-0.15, -0.1) is 29.3 Å². The van der Waals surface area contributed by atoms with Gasteiger partial charge in [0.2, 0.25) is 5.91 Å². The molecule has 0 unspecified atom stereocenters. The Balaban J connectivity index is 0.00000225. The molecule has 1 aromatic heterocycles. The zero-order chi connectivity index (χ0) is 18.8. The van der Waals surface area contributed by atoms with Crippen molar-refractivity contribution >= 4 is 30.1 Å². The zero-order valence-corrected chi connectivity index (χ0v) is 17.1. The first kappa shape index (κ1) is 20.4. The van der Waals surface area contributed by atoms with Crippen LogP contribution in [0, 0.1) is 6.92 Å². The Morgan fingerprint density at radius 3 is 2.96 bits per heavy atom. The second kappa shape index (κ2) is 8.77. The summed E-state index contributed by atoms with van der Waals surface area (Å²) in [6.45, 7) is 2.92. The Labute approximate surface area is 174 Å². The van der Waals surface area contributed by atoms with Gasteiger partial charge in [-0.25, -0.2) is 4.68 Å². The van der Waals surface area contributed by atoms with E-state index in [1.165, 1.54) is 16.0 Å². The highest BCUT2D eigenvalue weighted by Crippen LogP contribution is 2.37. The van der Waals surface area contributed by atoms with Crippen molar-refractivity contribution < 1.29 is 4.79 Å². The number of hydrogen-bond acceptors (Lipinski definition) is 5. The fraction of sp³-hybridized carbons (Fsp3) is 0.250.